The van der Waals surface area contributed by atoms with Crippen LogP contribution < -0.4 is 0 Å². The van der Waals surface area contributed by atoms with Gasteiger partial charge in [0.05, 0.1) is 24.7 Å². The lowest BCUT2D eigenvalue weighted by molar-refractivity contribution is -0.135. The van der Waals surface area contributed by atoms with E-state index in [0.29, 0.717) is 0 Å². The Morgan fingerprint density at radius 1 is 0.826 bits per heavy atom. The molecule has 0 amide bonds. The van der Waals surface area contributed by atoms with Gasteiger partial charge < -0.3 is 30.3 Å². The number of aliphatic hydroxyl groups is 2. The van der Waals surface area contributed by atoms with E-state index in [1.807, 2.05) is 13.8 Å². The first-order chi connectivity index (χ1) is 10.6. The molecule has 0 atom stereocenters. The fourth-order valence-electron chi connectivity index (χ4n) is 0.204. The van der Waals surface area contributed by atoms with Crippen molar-refractivity contribution in [3.05, 3.63) is 0 Å². The number of aliphatic hydroxyl groups excluding tert-OH is 2. The van der Waals surface area contributed by atoms with Gasteiger partial charge in [-0.15, -0.1) is 0 Å². The highest BCUT2D eigenvalue weighted by molar-refractivity contribution is 7.81. The molecular weight excluding hydrogens is 352 g/mol. The predicted octanol–water partition coefficient (Wildman–Crippen LogP) is 0.106. The molecule has 0 aromatic carbocycles. The summed E-state index contributed by atoms with van der Waals surface area (Å²) in [5.41, 5.74) is 0. The summed E-state index contributed by atoms with van der Waals surface area (Å²) in [6, 6.07) is 0. The summed E-state index contributed by atoms with van der Waals surface area (Å²) in [5.74, 6) is -2.76. The van der Waals surface area contributed by atoms with Crippen LogP contribution in [0.3, 0.4) is 0 Å². The molecule has 0 aromatic rings. The lowest BCUT2D eigenvalue weighted by Gasteiger charge is -1.86. The van der Waals surface area contributed by atoms with Crippen molar-refractivity contribution in [1.29, 1.82) is 0 Å². The molecule has 0 saturated heterocycles. The highest BCUT2D eigenvalue weighted by Gasteiger charge is 1.82. The van der Waals surface area contributed by atoms with Crippen LogP contribution >= 0.6 is 25.3 Å². The Balaban J connectivity index is -0.0000000589. The smallest absolute Gasteiger partial charge is 0.313 e. The fourth-order valence-corrected chi connectivity index (χ4v) is 0.204. The number of carboxylic acid groups (broad SMARTS) is 3. The first kappa shape index (κ1) is 33.6. The molecule has 0 saturated carbocycles. The molecule has 0 aromatic heterocycles. The van der Waals surface area contributed by atoms with E-state index >= 15 is 0 Å². The lowest BCUT2D eigenvalue weighted by Crippen LogP contribution is -1.92. The number of hydrogen-bond donors (Lipinski definition) is 7. The van der Waals surface area contributed by atoms with Crippen LogP contribution in [0.5, 0.6) is 0 Å². The van der Waals surface area contributed by atoms with Crippen LogP contribution in [0.15, 0.2) is 0 Å². The number of thiol groups is 2. The van der Waals surface area contributed by atoms with Crippen molar-refractivity contribution in [3.63, 3.8) is 0 Å². The van der Waals surface area contributed by atoms with E-state index in [-0.39, 0.29) is 24.7 Å². The molecule has 0 aliphatic rings. The summed E-state index contributed by atoms with van der Waals surface area (Å²) in [7, 11) is 0. The summed E-state index contributed by atoms with van der Waals surface area (Å²) >= 11 is 6.83. The number of aliphatic carboxylic acids is 3. The second kappa shape index (κ2) is 37.3. The third-order valence-corrected chi connectivity index (χ3v) is 1.32. The minimum Gasteiger partial charge on any atom is -0.481 e. The van der Waals surface area contributed by atoms with Crippen molar-refractivity contribution < 1.29 is 44.7 Å². The van der Waals surface area contributed by atoms with Crippen molar-refractivity contribution in [3.8, 4) is 0 Å². The van der Waals surface area contributed by atoms with Gasteiger partial charge in [0.2, 0.25) is 0 Å². The van der Waals surface area contributed by atoms with E-state index < -0.39 is 17.9 Å². The summed E-state index contributed by atoms with van der Waals surface area (Å²) in [6.45, 7) is 6.50. The first-order valence-corrected chi connectivity index (χ1v) is 7.51. The minimum absolute atomic E-state index is 0.0833. The summed E-state index contributed by atoms with van der Waals surface area (Å²) in [6.07, 6.45) is 0. The number of carbonyl (C=O) groups is 3. The van der Waals surface area contributed by atoms with Crippen LogP contribution in [0, 0.1) is 0 Å². The molecule has 0 aliphatic carbocycles. The highest BCUT2D eigenvalue weighted by atomic mass is 32.1. The number of carboxylic acids is 3. The Morgan fingerprint density at radius 2 is 1.00 bits per heavy atom. The molecular formula is C12H28O9S2. The maximum absolute atomic E-state index is 9.29. The van der Waals surface area contributed by atoms with Gasteiger partial charge in [0.15, 0.2) is 0 Å². The quantitative estimate of drug-likeness (QED) is 0.328. The molecule has 0 heterocycles. The molecule has 0 rings (SSSR count). The van der Waals surface area contributed by atoms with Gasteiger partial charge in [-0.2, -0.15) is 25.3 Å². The summed E-state index contributed by atoms with van der Waals surface area (Å²) in [4.78, 5) is 27.6. The average molecular weight is 380 g/mol. The average Bonchev–Trinajstić information content (AvgIpc) is 2.48. The van der Waals surface area contributed by atoms with E-state index in [0.717, 1.165) is 20.1 Å². The Kier molecular flexibility index (Phi) is 54.5. The largest absolute Gasteiger partial charge is 0.481 e. The van der Waals surface area contributed by atoms with Crippen LogP contribution in [0.25, 0.3) is 0 Å². The summed E-state index contributed by atoms with van der Waals surface area (Å²) < 4.78 is 4.83. The third-order valence-electron chi connectivity index (χ3n) is 0.779. The van der Waals surface area contributed by atoms with Gasteiger partial charge in [-0.1, -0.05) is 0 Å². The van der Waals surface area contributed by atoms with E-state index in [2.05, 4.69) is 25.3 Å². The molecule has 11 heteroatoms. The first-order valence-electron chi connectivity index (χ1n) is 6.25. The van der Waals surface area contributed by atoms with Crippen LogP contribution in [-0.4, -0.2) is 81.4 Å². The van der Waals surface area contributed by atoms with Crippen molar-refractivity contribution in [1.82, 2.24) is 0 Å². The fraction of sp³-hybridized carbons (Fsp3) is 0.750. The van der Waals surface area contributed by atoms with Gasteiger partial charge in [-0.05, 0) is 13.8 Å². The monoisotopic (exact) mass is 380 g/mol. The predicted molar refractivity (Wildman–Crippen MR) is 92.6 cm³/mol. The molecule has 0 aliphatic heterocycles. The molecule has 0 spiro atoms. The van der Waals surface area contributed by atoms with E-state index in [1.165, 1.54) is 0 Å². The molecule has 23 heavy (non-hydrogen) atoms. The zero-order chi connectivity index (χ0) is 19.7. The second-order valence-corrected chi connectivity index (χ2v) is 3.48. The normalized spacial score (nSPS) is 7.43. The SMILES string of the molecule is CC(=O)O.CCOCC.O=C(O)CS.O=C(O)CS.OCCO. The van der Waals surface area contributed by atoms with Crippen LogP contribution in [0.1, 0.15) is 20.8 Å². The van der Waals surface area contributed by atoms with Gasteiger partial charge in [0, 0.05) is 20.1 Å². The van der Waals surface area contributed by atoms with Crippen LogP contribution in [0.2, 0.25) is 0 Å². The Labute approximate surface area is 147 Å². The molecule has 142 valence electrons. The Hall–Kier alpha value is -1.01. The zero-order valence-corrected chi connectivity index (χ0v) is 15.3. The molecule has 0 radical (unpaired) electrons. The van der Waals surface area contributed by atoms with Gasteiger partial charge in [-0.25, -0.2) is 0 Å². The van der Waals surface area contributed by atoms with Gasteiger partial charge in [0.25, 0.3) is 5.97 Å². The van der Waals surface area contributed by atoms with Crippen molar-refractivity contribution in [2.75, 3.05) is 37.9 Å². The highest BCUT2D eigenvalue weighted by Crippen LogP contribution is 1.67. The van der Waals surface area contributed by atoms with E-state index in [4.69, 9.17) is 35.1 Å². The van der Waals surface area contributed by atoms with Crippen LogP contribution in [-0.2, 0) is 19.1 Å². The number of hydrogen-bond acceptors (Lipinski definition) is 8. The molecule has 9 nitrogen and oxygen atoms in total. The maximum atomic E-state index is 9.29. The maximum Gasteiger partial charge on any atom is 0.313 e. The van der Waals surface area contributed by atoms with Gasteiger partial charge in [0.1, 0.15) is 0 Å². The van der Waals surface area contributed by atoms with Crippen molar-refractivity contribution in [2.24, 2.45) is 0 Å². The summed E-state index contributed by atoms with van der Waals surface area (Å²) in [5, 5.41) is 38.0. The molecule has 0 fully saturated rings. The third kappa shape index (κ3) is 211. The van der Waals surface area contributed by atoms with Crippen LogP contribution in [0.4, 0.5) is 0 Å². The zero-order valence-electron chi connectivity index (χ0n) is 13.5. The second-order valence-electron chi connectivity index (χ2n) is 2.85. The molecule has 0 unspecified atom stereocenters. The molecule has 5 N–H and O–H groups in total. The van der Waals surface area contributed by atoms with Gasteiger partial charge in [-0.3, -0.25) is 14.4 Å². The Morgan fingerprint density at radius 3 is 1.00 bits per heavy atom. The number of rotatable bonds is 5. The lowest BCUT2D eigenvalue weighted by atomic mass is 10.8. The topological polar surface area (TPSA) is 162 Å². The van der Waals surface area contributed by atoms with Gasteiger partial charge >= 0.3 is 11.9 Å². The Bertz CT molecular complexity index is 229. The minimum atomic E-state index is -0.881. The standard InChI is InChI=1S/C4H10O.2C2H4O2S.C2H4O2.C2H6O2/c1-3-5-4-2;2*3-2(4)1-5;1-2(3)4;3-1-2-4/h3-4H2,1-2H3;2*5H,1H2,(H,3,4);1H3,(H,3,4);3-4H,1-2H2. The van der Waals surface area contributed by atoms with E-state index in [9.17, 15) is 9.59 Å². The van der Waals surface area contributed by atoms with E-state index in [1.54, 1.807) is 0 Å². The van der Waals surface area contributed by atoms with Crippen molar-refractivity contribution >= 4 is 43.2 Å². The van der Waals surface area contributed by atoms with Crippen molar-refractivity contribution in [2.45, 2.75) is 20.8 Å². The number of ether oxygens (including phenoxy) is 1. The molecule has 0 bridgehead atoms.